The van der Waals surface area contributed by atoms with Gasteiger partial charge in [-0.2, -0.15) is 0 Å². The van der Waals surface area contributed by atoms with E-state index in [1.165, 1.54) is 23.8 Å². The first kappa shape index (κ1) is 19.8. The van der Waals surface area contributed by atoms with Crippen LogP contribution in [0.5, 0.6) is 0 Å². The predicted molar refractivity (Wildman–Crippen MR) is 99.4 cm³/mol. The summed E-state index contributed by atoms with van der Waals surface area (Å²) in [6.07, 6.45) is 2.01. The number of rotatable bonds is 8. The molecule has 1 aliphatic rings. The Labute approximate surface area is 156 Å². The highest BCUT2D eigenvalue weighted by Gasteiger charge is 2.33. The van der Waals surface area contributed by atoms with Gasteiger partial charge in [0.25, 0.3) is 0 Å². The second kappa shape index (κ2) is 9.24. The summed E-state index contributed by atoms with van der Waals surface area (Å²) >= 11 is 3.39. The number of aryl methyl sites for hydroxylation is 1. The van der Waals surface area contributed by atoms with Crippen LogP contribution in [0.15, 0.2) is 12.1 Å². The maximum Gasteiger partial charge on any atom is 0.328 e. The van der Waals surface area contributed by atoms with Crippen LogP contribution in [0, 0.1) is 6.92 Å². The lowest BCUT2D eigenvalue weighted by atomic mass is 10.1. The monoisotopic (exact) mass is 384 g/mol. The fourth-order valence-corrected chi connectivity index (χ4v) is 5.12. The highest BCUT2D eigenvalue weighted by atomic mass is 32.2. The lowest BCUT2D eigenvalue weighted by molar-refractivity contribution is -0.145. The number of ether oxygens (including phenoxy) is 1. The van der Waals surface area contributed by atoms with E-state index in [1.54, 1.807) is 23.1 Å². The molecule has 0 spiro atoms. The summed E-state index contributed by atoms with van der Waals surface area (Å²) in [5.74, 6) is -0.0183. The van der Waals surface area contributed by atoms with E-state index in [0.717, 1.165) is 12.8 Å². The van der Waals surface area contributed by atoms with Crippen molar-refractivity contribution in [2.45, 2.75) is 44.5 Å². The molecule has 6 nitrogen and oxygen atoms in total. The number of esters is 1. The number of carbonyl (C=O) groups excluding carboxylic acids is 3. The van der Waals surface area contributed by atoms with E-state index in [0.29, 0.717) is 18.7 Å². The van der Waals surface area contributed by atoms with Crippen LogP contribution in [-0.2, 0) is 19.1 Å². The molecule has 0 aliphatic carbocycles. The largest absolute Gasteiger partial charge is 0.467 e. The fourth-order valence-electron chi connectivity index (χ4n) is 2.78. The van der Waals surface area contributed by atoms with E-state index in [4.69, 9.17) is 4.74 Å². The number of methoxy groups -OCH3 is 1. The molecule has 1 aromatic rings. The zero-order chi connectivity index (χ0) is 18.4. The second-order valence-corrected chi connectivity index (χ2v) is 8.36. The van der Waals surface area contributed by atoms with Gasteiger partial charge in [-0.1, -0.05) is 0 Å². The van der Waals surface area contributed by atoms with Crippen LogP contribution < -0.4 is 5.32 Å². The Bertz CT molecular complexity index is 632. The summed E-state index contributed by atoms with van der Waals surface area (Å²) in [7, 11) is 1.31. The standard InChI is InChI=1S/C17H24N2O4S2/c1-11-7-8-14(25-11)16-19(15(21)10-24-16)9-5-4-6-13(17(22)23-3)18-12(2)20/h7-8,13,16H,4-6,9-10H2,1-3H3,(H,18,20). The quantitative estimate of drug-likeness (QED) is 0.550. The van der Waals surface area contributed by atoms with Gasteiger partial charge in [-0.15, -0.1) is 23.1 Å². The molecule has 0 aromatic carbocycles. The molecule has 2 heterocycles. The number of thioether (sulfide) groups is 1. The third-order valence-electron chi connectivity index (χ3n) is 3.98. The van der Waals surface area contributed by atoms with Gasteiger partial charge in [0.2, 0.25) is 11.8 Å². The Balaban J connectivity index is 1.85. The molecule has 2 unspecified atom stereocenters. The smallest absolute Gasteiger partial charge is 0.328 e. The minimum absolute atomic E-state index is 0.0953. The lowest BCUT2D eigenvalue weighted by Crippen LogP contribution is -2.40. The van der Waals surface area contributed by atoms with E-state index < -0.39 is 12.0 Å². The van der Waals surface area contributed by atoms with Crippen molar-refractivity contribution in [1.82, 2.24) is 10.2 Å². The van der Waals surface area contributed by atoms with Crippen LogP contribution in [-0.4, -0.2) is 48.1 Å². The molecule has 0 saturated carbocycles. The van der Waals surface area contributed by atoms with Crippen LogP contribution in [0.25, 0.3) is 0 Å². The minimum atomic E-state index is -0.623. The summed E-state index contributed by atoms with van der Waals surface area (Å²) in [6, 6.07) is 3.55. The molecular weight excluding hydrogens is 360 g/mol. The number of amides is 2. The van der Waals surface area contributed by atoms with Gasteiger partial charge in [0.05, 0.1) is 12.9 Å². The first-order valence-corrected chi connectivity index (χ1v) is 10.1. The Morgan fingerprint density at radius 3 is 2.76 bits per heavy atom. The van der Waals surface area contributed by atoms with Gasteiger partial charge in [-0.3, -0.25) is 9.59 Å². The van der Waals surface area contributed by atoms with E-state index >= 15 is 0 Å². The zero-order valence-electron chi connectivity index (χ0n) is 14.7. The minimum Gasteiger partial charge on any atom is -0.467 e. The number of carbonyl (C=O) groups is 3. The number of nitrogens with zero attached hydrogens (tertiary/aromatic N) is 1. The Morgan fingerprint density at radius 1 is 1.40 bits per heavy atom. The van der Waals surface area contributed by atoms with Crippen molar-refractivity contribution < 1.29 is 19.1 Å². The van der Waals surface area contributed by atoms with Gasteiger partial charge in [-0.05, 0) is 38.3 Å². The summed E-state index contributed by atoms with van der Waals surface area (Å²) in [5, 5.41) is 2.70. The summed E-state index contributed by atoms with van der Waals surface area (Å²) in [6.45, 7) is 4.10. The number of unbranched alkanes of at least 4 members (excludes halogenated alkanes) is 1. The normalized spacial score (nSPS) is 18.3. The van der Waals surface area contributed by atoms with Crippen LogP contribution in [0.2, 0.25) is 0 Å². The van der Waals surface area contributed by atoms with Crippen molar-refractivity contribution in [2.75, 3.05) is 19.4 Å². The molecule has 1 saturated heterocycles. The molecule has 25 heavy (non-hydrogen) atoms. The van der Waals surface area contributed by atoms with E-state index in [2.05, 4.69) is 24.4 Å². The molecule has 2 atom stereocenters. The molecule has 1 aliphatic heterocycles. The lowest BCUT2D eigenvalue weighted by Gasteiger charge is -2.23. The molecule has 138 valence electrons. The fraction of sp³-hybridized carbons (Fsp3) is 0.588. The number of hydrogen-bond donors (Lipinski definition) is 1. The van der Waals surface area contributed by atoms with E-state index in [9.17, 15) is 14.4 Å². The maximum absolute atomic E-state index is 12.2. The molecule has 0 radical (unpaired) electrons. The highest BCUT2D eigenvalue weighted by Crippen LogP contribution is 2.41. The molecule has 2 amide bonds. The third-order valence-corrected chi connectivity index (χ3v) is 6.42. The van der Waals surface area contributed by atoms with Crippen molar-refractivity contribution in [2.24, 2.45) is 0 Å². The van der Waals surface area contributed by atoms with Gasteiger partial charge in [0.1, 0.15) is 11.4 Å². The Hall–Kier alpha value is -1.54. The van der Waals surface area contributed by atoms with Gasteiger partial charge < -0.3 is 15.0 Å². The van der Waals surface area contributed by atoms with Crippen molar-refractivity contribution in [3.05, 3.63) is 21.9 Å². The SMILES string of the molecule is COC(=O)C(CCCCN1C(=O)CSC1c1ccc(C)s1)NC(C)=O. The molecule has 1 N–H and O–H groups in total. The Kier molecular flexibility index (Phi) is 7.31. The number of thiophene rings is 1. The van der Waals surface area contributed by atoms with Crippen molar-refractivity contribution >= 4 is 40.9 Å². The van der Waals surface area contributed by atoms with E-state index in [-0.39, 0.29) is 17.2 Å². The van der Waals surface area contributed by atoms with Crippen LogP contribution >= 0.6 is 23.1 Å². The van der Waals surface area contributed by atoms with Gasteiger partial charge >= 0.3 is 5.97 Å². The Morgan fingerprint density at radius 2 is 2.16 bits per heavy atom. The van der Waals surface area contributed by atoms with Gasteiger partial charge in [0.15, 0.2) is 0 Å². The number of hydrogen-bond acceptors (Lipinski definition) is 6. The first-order chi connectivity index (χ1) is 11.9. The molecule has 1 aromatic heterocycles. The second-order valence-electron chi connectivity index (χ2n) is 5.97. The molecular formula is C17H24N2O4S2. The number of nitrogens with one attached hydrogen (secondary N) is 1. The van der Waals surface area contributed by atoms with Gasteiger partial charge in [-0.25, -0.2) is 4.79 Å². The summed E-state index contributed by atoms with van der Waals surface area (Å²) < 4.78 is 4.72. The van der Waals surface area contributed by atoms with Crippen molar-refractivity contribution in [3.63, 3.8) is 0 Å². The average molecular weight is 385 g/mol. The van der Waals surface area contributed by atoms with Crippen LogP contribution in [0.1, 0.15) is 41.3 Å². The van der Waals surface area contributed by atoms with Crippen LogP contribution in [0.4, 0.5) is 0 Å². The van der Waals surface area contributed by atoms with Crippen LogP contribution in [0.3, 0.4) is 0 Å². The molecule has 2 rings (SSSR count). The molecule has 0 bridgehead atoms. The highest BCUT2D eigenvalue weighted by molar-refractivity contribution is 8.00. The van der Waals surface area contributed by atoms with Gasteiger partial charge in [0, 0.05) is 23.2 Å². The summed E-state index contributed by atoms with van der Waals surface area (Å²) in [4.78, 5) is 39.4. The van der Waals surface area contributed by atoms with E-state index in [1.807, 2.05) is 4.90 Å². The predicted octanol–water partition coefficient (Wildman–Crippen LogP) is 2.48. The van der Waals surface area contributed by atoms with Crippen molar-refractivity contribution in [3.8, 4) is 0 Å². The zero-order valence-corrected chi connectivity index (χ0v) is 16.4. The molecule has 8 heteroatoms. The summed E-state index contributed by atoms with van der Waals surface area (Å²) in [5.41, 5.74) is 0. The average Bonchev–Trinajstić information content (AvgIpc) is 3.15. The van der Waals surface area contributed by atoms with Crippen molar-refractivity contribution in [1.29, 1.82) is 0 Å². The third kappa shape index (κ3) is 5.47. The topological polar surface area (TPSA) is 75.7 Å². The maximum atomic E-state index is 12.2. The first-order valence-electron chi connectivity index (χ1n) is 8.24. The molecule has 1 fully saturated rings.